The quantitative estimate of drug-likeness (QED) is 0.564. The molecule has 2 aromatic carbocycles. The number of hydrogen-bond donors (Lipinski definition) is 2. The van der Waals surface area contributed by atoms with E-state index < -0.39 is 18.5 Å². The molecule has 1 saturated heterocycles. The van der Waals surface area contributed by atoms with Gasteiger partial charge in [-0.2, -0.15) is 5.10 Å². The van der Waals surface area contributed by atoms with Gasteiger partial charge in [0.15, 0.2) is 0 Å². The fraction of sp³-hybridized carbons (Fsp3) is 0.360. The van der Waals surface area contributed by atoms with Gasteiger partial charge >= 0.3 is 6.03 Å². The normalized spacial score (nSPS) is 20.0. The Morgan fingerprint density at radius 1 is 1.06 bits per heavy atom. The summed E-state index contributed by atoms with van der Waals surface area (Å²) in [5.41, 5.74) is 3.66. The van der Waals surface area contributed by atoms with Crippen LogP contribution in [0.3, 0.4) is 0 Å². The highest BCUT2D eigenvalue weighted by Gasteiger charge is 2.36. The second kappa shape index (κ2) is 9.50. The number of rotatable bonds is 6. The van der Waals surface area contributed by atoms with Crippen molar-refractivity contribution in [3.05, 3.63) is 77.2 Å². The molecule has 1 aliphatic carbocycles. The van der Waals surface area contributed by atoms with Crippen LogP contribution in [0.15, 0.2) is 54.6 Å². The Bertz CT molecular complexity index is 1150. The number of nitrogens with zero attached hydrogens (tertiary/aromatic N) is 3. The summed E-state index contributed by atoms with van der Waals surface area (Å²) >= 11 is 0. The van der Waals surface area contributed by atoms with Gasteiger partial charge in [0.05, 0.1) is 24.0 Å². The first-order valence-corrected chi connectivity index (χ1v) is 11.5. The first-order valence-electron chi connectivity index (χ1n) is 11.5. The third kappa shape index (κ3) is 4.65. The van der Waals surface area contributed by atoms with Gasteiger partial charge < -0.3 is 5.32 Å². The molecule has 2 atom stereocenters. The maximum absolute atomic E-state index is 13.4. The van der Waals surface area contributed by atoms with Gasteiger partial charge in [0, 0.05) is 24.6 Å². The van der Waals surface area contributed by atoms with Crippen LogP contribution in [0, 0.1) is 5.82 Å². The minimum atomic E-state index is -2.47. The van der Waals surface area contributed by atoms with E-state index in [1.165, 1.54) is 12.1 Å². The molecule has 2 aliphatic rings. The molecule has 178 valence electrons. The molecule has 5 rings (SSSR count). The van der Waals surface area contributed by atoms with Crippen molar-refractivity contribution >= 4 is 11.8 Å². The van der Waals surface area contributed by atoms with Crippen molar-refractivity contribution < 1.29 is 18.0 Å². The lowest BCUT2D eigenvalue weighted by Crippen LogP contribution is -2.42. The highest BCUT2D eigenvalue weighted by atomic mass is 19.3. The number of carbonyl (C=O) groups excluding carboxylic acids is 1. The third-order valence-corrected chi connectivity index (χ3v) is 6.55. The maximum Gasteiger partial charge on any atom is 0.320 e. The van der Waals surface area contributed by atoms with Crippen LogP contribution in [0.25, 0.3) is 5.69 Å². The Kier molecular flexibility index (Phi) is 6.28. The zero-order chi connectivity index (χ0) is 23.7. The molecule has 2 amide bonds. The van der Waals surface area contributed by atoms with E-state index in [0.717, 1.165) is 41.8 Å². The van der Waals surface area contributed by atoms with Crippen molar-refractivity contribution in [1.29, 1.82) is 0 Å². The van der Waals surface area contributed by atoms with Crippen LogP contribution in [0.1, 0.15) is 29.2 Å². The summed E-state index contributed by atoms with van der Waals surface area (Å²) in [6, 6.07) is 14.8. The molecule has 1 unspecified atom stereocenters. The molecule has 0 saturated carbocycles. The van der Waals surface area contributed by atoms with E-state index in [1.807, 2.05) is 30.3 Å². The predicted octanol–water partition coefficient (Wildman–Crippen LogP) is 4.35. The molecule has 3 aromatic rings. The molecule has 2 heterocycles. The van der Waals surface area contributed by atoms with Crippen LogP contribution in [0.2, 0.25) is 0 Å². The molecule has 34 heavy (non-hydrogen) atoms. The standard InChI is InChI=1S/C25H26F3N5O/c26-17-11-9-16(10-12-17)20-13-32(15-23(27)28)14-22(20)29-25(34)30-24-19-7-4-8-21(19)31-33(24)18-5-2-1-3-6-18/h1-3,5-6,9-12,20,22-23H,4,7-8,13-15H2,(H2,29,30,34)/t20?,22-/m1/s1. The zero-order valence-electron chi connectivity index (χ0n) is 18.6. The van der Waals surface area contributed by atoms with Crippen molar-refractivity contribution in [3.8, 4) is 5.69 Å². The molecule has 9 heteroatoms. The second-order valence-electron chi connectivity index (χ2n) is 8.85. The van der Waals surface area contributed by atoms with Gasteiger partial charge in [0.1, 0.15) is 11.6 Å². The number of fused-ring (bicyclic) bond motifs is 1. The number of aryl methyl sites for hydroxylation is 1. The van der Waals surface area contributed by atoms with Gasteiger partial charge in [-0.05, 0) is 49.1 Å². The van der Waals surface area contributed by atoms with Crippen LogP contribution in [-0.2, 0) is 12.8 Å². The highest BCUT2D eigenvalue weighted by molar-refractivity contribution is 5.90. The minimum absolute atomic E-state index is 0.227. The first kappa shape index (κ1) is 22.5. The SMILES string of the molecule is O=C(Nc1c2c(nn1-c1ccccc1)CCC2)N[C@@H]1CN(CC(F)F)CC1c1ccc(F)cc1. The topological polar surface area (TPSA) is 62.2 Å². The number of aromatic nitrogens is 2. The Labute approximate surface area is 195 Å². The number of para-hydroxylation sites is 1. The summed E-state index contributed by atoms with van der Waals surface area (Å²) in [4.78, 5) is 14.8. The van der Waals surface area contributed by atoms with Crippen molar-refractivity contribution in [1.82, 2.24) is 20.0 Å². The number of nitrogens with one attached hydrogen (secondary N) is 2. The van der Waals surface area contributed by atoms with E-state index in [1.54, 1.807) is 21.7 Å². The van der Waals surface area contributed by atoms with Gasteiger partial charge in [-0.25, -0.2) is 22.6 Å². The number of anilines is 1. The van der Waals surface area contributed by atoms with E-state index in [2.05, 4.69) is 10.6 Å². The summed E-state index contributed by atoms with van der Waals surface area (Å²) in [6.45, 7) is 0.278. The number of benzene rings is 2. The molecule has 1 aliphatic heterocycles. The summed E-state index contributed by atoms with van der Waals surface area (Å²) < 4.78 is 41.3. The number of carbonyl (C=O) groups is 1. The van der Waals surface area contributed by atoms with Crippen molar-refractivity contribution in [2.45, 2.75) is 37.6 Å². The molecule has 1 aromatic heterocycles. The number of hydrogen-bond acceptors (Lipinski definition) is 3. The lowest BCUT2D eigenvalue weighted by molar-refractivity contribution is 0.0983. The van der Waals surface area contributed by atoms with Crippen LogP contribution in [0.5, 0.6) is 0 Å². The Morgan fingerprint density at radius 3 is 2.56 bits per heavy atom. The van der Waals surface area contributed by atoms with E-state index >= 15 is 0 Å². The van der Waals surface area contributed by atoms with Gasteiger partial charge in [-0.15, -0.1) is 0 Å². The zero-order valence-corrected chi connectivity index (χ0v) is 18.6. The lowest BCUT2D eigenvalue weighted by atomic mass is 9.94. The Balaban J connectivity index is 1.36. The van der Waals surface area contributed by atoms with Gasteiger partial charge in [0.2, 0.25) is 0 Å². The summed E-state index contributed by atoms with van der Waals surface area (Å²) in [5, 5.41) is 10.7. The van der Waals surface area contributed by atoms with Crippen LogP contribution < -0.4 is 10.6 Å². The second-order valence-corrected chi connectivity index (χ2v) is 8.85. The van der Waals surface area contributed by atoms with Crippen LogP contribution >= 0.6 is 0 Å². The molecule has 0 radical (unpaired) electrons. The van der Waals surface area contributed by atoms with E-state index in [0.29, 0.717) is 12.4 Å². The molecular formula is C25H26F3N5O. The average Bonchev–Trinajstić information content (AvgIpc) is 3.51. The first-order chi connectivity index (χ1) is 16.5. The predicted molar refractivity (Wildman–Crippen MR) is 123 cm³/mol. The summed E-state index contributed by atoms with van der Waals surface area (Å²) in [5.74, 6) is 0.0447. The van der Waals surface area contributed by atoms with Gasteiger partial charge in [-0.1, -0.05) is 30.3 Å². The van der Waals surface area contributed by atoms with Crippen LogP contribution in [0.4, 0.5) is 23.8 Å². The molecule has 0 spiro atoms. The lowest BCUT2D eigenvalue weighted by Gasteiger charge is -2.21. The van der Waals surface area contributed by atoms with E-state index in [-0.39, 0.29) is 24.8 Å². The van der Waals surface area contributed by atoms with E-state index in [4.69, 9.17) is 5.10 Å². The minimum Gasteiger partial charge on any atom is -0.333 e. The van der Waals surface area contributed by atoms with Crippen molar-refractivity contribution in [2.24, 2.45) is 0 Å². The molecular weight excluding hydrogens is 443 g/mol. The summed E-state index contributed by atoms with van der Waals surface area (Å²) in [6.07, 6.45) is 0.219. The number of likely N-dealkylation sites (tertiary alicyclic amines) is 1. The van der Waals surface area contributed by atoms with Crippen molar-refractivity contribution in [2.75, 3.05) is 25.0 Å². The fourth-order valence-corrected chi connectivity index (χ4v) is 5.01. The molecule has 2 N–H and O–H groups in total. The Hall–Kier alpha value is -3.33. The monoisotopic (exact) mass is 469 g/mol. The third-order valence-electron chi connectivity index (χ3n) is 6.55. The summed E-state index contributed by atoms with van der Waals surface area (Å²) in [7, 11) is 0. The number of halogens is 3. The number of urea groups is 1. The fourth-order valence-electron chi connectivity index (χ4n) is 5.01. The largest absolute Gasteiger partial charge is 0.333 e. The average molecular weight is 470 g/mol. The molecule has 6 nitrogen and oxygen atoms in total. The van der Waals surface area contributed by atoms with Crippen LogP contribution in [-0.4, -0.2) is 52.8 Å². The molecule has 1 fully saturated rings. The smallest absolute Gasteiger partial charge is 0.320 e. The van der Waals surface area contributed by atoms with Gasteiger partial charge in [0.25, 0.3) is 6.43 Å². The number of alkyl halides is 2. The Morgan fingerprint density at radius 2 is 1.82 bits per heavy atom. The van der Waals surface area contributed by atoms with Crippen molar-refractivity contribution in [3.63, 3.8) is 0 Å². The maximum atomic E-state index is 13.4. The van der Waals surface area contributed by atoms with Gasteiger partial charge in [-0.3, -0.25) is 10.2 Å². The number of amides is 2. The van der Waals surface area contributed by atoms with E-state index in [9.17, 15) is 18.0 Å². The molecule has 0 bridgehead atoms. The highest BCUT2D eigenvalue weighted by Crippen LogP contribution is 2.32.